The van der Waals surface area contributed by atoms with E-state index in [2.05, 4.69) is 5.32 Å². The van der Waals surface area contributed by atoms with Gasteiger partial charge in [-0.2, -0.15) is 0 Å². The molecule has 2 aliphatic heterocycles. The van der Waals surface area contributed by atoms with Crippen molar-refractivity contribution in [3.05, 3.63) is 58.6 Å². The number of anilines is 1. The molecule has 2 aliphatic rings. The molecule has 2 heterocycles. The van der Waals surface area contributed by atoms with Gasteiger partial charge in [0.1, 0.15) is 11.9 Å². The molecule has 1 amide bonds. The van der Waals surface area contributed by atoms with E-state index < -0.39 is 6.10 Å². The van der Waals surface area contributed by atoms with E-state index in [-0.39, 0.29) is 18.0 Å². The molecule has 6 heteroatoms. The number of hydrogen-bond acceptors (Lipinski definition) is 4. The summed E-state index contributed by atoms with van der Waals surface area (Å²) in [6, 6.07) is 13.1. The smallest absolute Gasteiger partial charge is 0.257 e. The van der Waals surface area contributed by atoms with E-state index in [4.69, 9.17) is 16.3 Å². The fourth-order valence-electron chi connectivity index (χ4n) is 4.10. The molecule has 2 aromatic carbocycles. The number of nitrogens with zero attached hydrogens (tertiary/aromatic N) is 1. The van der Waals surface area contributed by atoms with Crippen LogP contribution in [-0.4, -0.2) is 36.9 Å². The highest BCUT2D eigenvalue weighted by molar-refractivity contribution is 6.32. The minimum Gasteiger partial charge on any atom is -0.497 e. The van der Waals surface area contributed by atoms with Gasteiger partial charge < -0.3 is 9.84 Å². The van der Waals surface area contributed by atoms with Crippen LogP contribution >= 0.6 is 11.6 Å². The second-order valence-electron chi connectivity index (χ2n) is 7.09. The monoisotopic (exact) mass is 386 g/mol. The van der Waals surface area contributed by atoms with Crippen LogP contribution in [0.3, 0.4) is 0 Å². The summed E-state index contributed by atoms with van der Waals surface area (Å²) in [5.74, 6) is 0.0908. The third-order valence-electron chi connectivity index (χ3n) is 5.54. The predicted octanol–water partition coefficient (Wildman–Crippen LogP) is 3.09. The summed E-state index contributed by atoms with van der Waals surface area (Å²) in [7, 11) is 1.61. The highest BCUT2D eigenvalue weighted by Crippen LogP contribution is 2.40. The van der Waals surface area contributed by atoms with Gasteiger partial charge in [-0.15, -0.1) is 0 Å². The number of carbonyl (C=O) groups is 1. The quantitative estimate of drug-likeness (QED) is 0.851. The van der Waals surface area contributed by atoms with Crippen LogP contribution in [0.25, 0.3) is 0 Å². The van der Waals surface area contributed by atoms with E-state index >= 15 is 0 Å². The molecule has 0 spiro atoms. The summed E-state index contributed by atoms with van der Waals surface area (Å²) in [6.07, 6.45) is 1.11. The second kappa shape index (κ2) is 7.50. The Morgan fingerprint density at radius 3 is 2.67 bits per heavy atom. The molecule has 0 aromatic heterocycles. The van der Waals surface area contributed by atoms with Crippen LogP contribution in [-0.2, 0) is 11.2 Å². The Balaban J connectivity index is 1.79. The van der Waals surface area contributed by atoms with E-state index in [9.17, 15) is 9.90 Å². The van der Waals surface area contributed by atoms with Gasteiger partial charge in [0.15, 0.2) is 0 Å². The number of benzene rings is 2. The van der Waals surface area contributed by atoms with Crippen LogP contribution in [0.15, 0.2) is 42.5 Å². The molecule has 0 saturated carbocycles. The lowest BCUT2D eigenvalue weighted by molar-refractivity contribution is -0.128. The fraction of sp³-hybridized carbons (Fsp3) is 0.381. The maximum absolute atomic E-state index is 13.3. The minimum atomic E-state index is -1.13. The van der Waals surface area contributed by atoms with Crippen molar-refractivity contribution in [1.29, 1.82) is 0 Å². The van der Waals surface area contributed by atoms with E-state index in [1.54, 1.807) is 12.0 Å². The van der Waals surface area contributed by atoms with Crippen LogP contribution in [0, 0.1) is 0 Å². The first-order valence-electron chi connectivity index (χ1n) is 9.26. The Kier molecular flexibility index (Phi) is 5.08. The van der Waals surface area contributed by atoms with Gasteiger partial charge in [0.2, 0.25) is 0 Å². The normalized spacial score (nSPS) is 25.2. The van der Waals surface area contributed by atoms with Crippen molar-refractivity contribution in [1.82, 2.24) is 5.32 Å². The highest BCUT2D eigenvalue weighted by Gasteiger charge is 2.40. The van der Waals surface area contributed by atoms with Crippen LogP contribution < -0.4 is 15.0 Å². The number of rotatable bonds is 3. The molecule has 1 saturated heterocycles. The average Bonchev–Trinajstić information content (AvgIpc) is 3.18. The SMILES string of the molecule is COc1ccc([C@@H]2Cc3c(Cl)cccc3N([C@@H]3CCCN3)C(=O)[C@@H]2O)cc1. The summed E-state index contributed by atoms with van der Waals surface area (Å²) in [6.45, 7) is 0.863. The van der Waals surface area contributed by atoms with Crippen molar-refractivity contribution >= 4 is 23.2 Å². The number of aliphatic hydroxyl groups excluding tert-OH is 1. The van der Waals surface area contributed by atoms with Gasteiger partial charge in [-0.1, -0.05) is 29.8 Å². The summed E-state index contributed by atoms with van der Waals surface area (Å²) in [5, 5.41) is 15.0. The Hall–Kier alpha value is -2.08. The van der Waals surface area contributed by atoms with Crippen molar-refractivity contribution in [3.8, 4) is 5.75 Å². The van der Waals surface area contributed by atoms with E-state index in [1.807, 2.05) is 42.5 Å². The Labute approximate surface area is 163 Å². The molecule has 4 rings (SSSR count). The first kappa shape index (κ1) is 18.3. The summed E-state index contributed by atoms with van der Waals surface area (Å²) >= 11 is 6.52. The Morgan fingerprint density at radius 1 is 1.22 bits per heavy atom. The van der Waals surface area contributed by atoms with Gasteiger partial charge in [0.25, 0.3) is 5.91 Å². The maximum atomic E-state index is 13.3. The Morgan fingerprint density at radius 2 is 2.00 bits per heavy atom. The lowest BCUT2D eigenvalue weighted by Gasteiger charge is -2.31. The molecule has 0 unspecified atom stereocenters. The first-order valence-corrected chi connectivity index (χ1v) is 9.64. The molecule has 142 valence electrons. The number of halogens is 1. The number of nitrogens with one attached hydrogen (secondary N) is 1. The van der Waals surface area contributed by atoms with Gasteiger partial charge in [0.05, 0.1) is 19.0 Å². The molecule has 0 radical (unpaired) electrons. The second-order valence-corrected chi connectivity index (χ2v) is 7.49. The predicted molar refractivity (Wildman–Crippen MR) is 105 cm³/mol. The van der Waals surface area contributed by atoms with Crippen molar-refractivity contribution in [2.45, 2.75) is 37.5 Å². The molecular formula is C21H23ClN2O3. The van der Waals surface area contributed by atoms with Crippen molar-refractivity contribution in [3.63, 3.8) is 0 Å². The Bertz CT molecular complexity index is 834. The van der Waals surface area contributed by atoms with Gasteiger partial charge in [-0.3, -0.25) is 15.0 Å². The van der Waals surface area contributed by atoms with Gasteiger partial charge in [-0.25, -0.2) is 0 Å². The number of aliphatic hydroxyl groups is 1. The third-order valence-corrected chi connectivity index (χ3v) is 5.89. The number of carbonyl (C=O) groups excluding carboxylic acids is 1. The molecule has 1 fully saturated rings. The van der Waals surface area contributed by atoms with Crippen LogP contribution in [0.4, 0.5) is 5.69 Å². The number of ether oxygens (including phenoxy) is 1. The molecule has 3 atom stereocenters. The van der Waals surface area contributed by atoms with Gasteiger partial charge in [0, 0.05) is 10.9 Å². The number of fused-ring (bicyclic) bond motifs is 1. The van der Waals surface area contributed by atoms with Crippen molar-refractivity contribution in [2.24, 2.45) is 0 Å². The first-order chi connectivity index (χ1) is 13.1. The zero-order valence-corrected chi connectivity index (χ0v) is 15.9. The summed E-state index contributed by atoms with van der Waals surface area (Å²) < 4.78 is 5.22. The van der Waals surface area contributed by atoms with Crippen LogP contribution in [0.5, 0.6) is 5.75 Å². The zero-order chi connectivity index (χ0) is 19.0. The topological polar surface area (TPSA) is 61.8 Å². The molecule has 27 heavy (non-hydrogen) atoms. The highest BCUT2D eigenvalue weighted by atomic mass is 35.5. The minimum absolute atomic E-state index is 0.112. The largest absolute Gasteiger partial charge is 0.497 e. The van der Waals surface area contributed by atoms with E-state index in [0.717, 1.165) is 42.0 Å². The average molecular weight is 387 g/mol. The molecule has 0 aliphatic carbocycles. The maximum Gasteiger partial charge on any atom is 0.257 e. The van der Waals surface area contributed by atoms with Gasteiger partial charge >= 0.3 is 0 Å². The summed E-state index contributed by atoms with van der Waals surface area (Å²) in [5.41, 5.74) is 2.59. The summed E-state index contributed by atoms with van der Waals surface area (Å²) in [4.78, 5) is 15.0. The lowest BCUT2D eigenvalue weighted by atomic mass is 9.87. The number of amides is 1. The van der Waals surface area contributed by atoms with Crippen molar-refractivity contribution < 1.29 is 14.6 Å². The number of hydrogen-bond donors (Lipinski definition) is 2. The molecular weight excluding hydrogens is 364 g/mol. The van der Waals surface area contributed by atoms with Crippen LogP contribution in [0.1, 0.15) is 29.9 Å². The fourth-order valence-corrected chi connectivity index (χ4v) is 4.35. The van der Waals surface area contributed by atoms with E-state index in [0.29, 0.717) is 11.4 Å². The van der Waals surface area contributed by atoms with Crippen molar-refractivity contribution in [2.75, 3.05) is 18.6 Å². The zero-order valence-electron chi connectivity index (χ0n) is 15.2. The molecule has 5 nitrogen and oxygen atoms in total. The van der Waals surface area contributed by atoms with Gasteiger partial charge in [-0.05, 0) is 61.2 Å². The lowest BCUT2D eigenvalue weighted by Crippen LogP contribution is -2.50. The third kappa shape index (κ3) is 3.31. The van der Waals surface area contributed by atoms with E-state index in [1.165, 1.54) is 0 Å². The standard InChI is InChI=1S/C21H23ClN2O3/c1-27-14-9-7-13(8-10-14)15-12-16-17(22)4-2-5-18(16)24(21(26)20(15)25)19-6-3-11-23-19/h2,4-5,7-10,15,19-20,23,25H,3,6,11-12H2,1H3/t15-,19+,20+/m0/s1. The molecule has 2 N–H and O–H groups in total. The van der Waals surface area contributed by atoms with Crippen LogP contribution in [0.2, 0.25) is 5.02 Å². The molecule has 0 bridgehead atoms. The molecule has 2 aromatic rings. The number of methoxy groups -OCH3 is 1.